The summed E-state index contributed by atoms with van der Waals surface area (Å²) in [4.78, 5) is 25.0. The lowest BCUT2D eigenvalue weighted by molar-refractivity contribution is -0.00559. The van der Waals surface area contributed by atoms with Crippen molar-refractivity contribution in [1.29, 1.82) is 0 Å². The Kier molecular flexibility index (Phi) is 5.86. The molecule has 172 valence electrons. The Balaban J connectivity index is 1.35. The van der Waals surface area contributed by atoms with Crippen LogP contribution in [0.4, 0.5) is 0 Å². The lowest BCUT2D eigenvalue weighted by Crippen LogP contribution is -2.49. The van der Waals surface area contributed by atoms with Gasteiger partial charge in [0.05, 0.1) is 11.1 Å². The average molecular weight is 445 g/mol. The van der Waals surface area contributed by atoms with Crippen LogP contribution in [0.5, 0.6) is 5.75 Å². The van der Waals surface area contributed by atoms with Crippen molar-refractivity contribution in [2.75, 3.05) is 6.61 Å². The molecule has 0 N–H and O–H groups in total. The highest BCUT2D eigenvalue weighted by atomic mass is 16.5. The van der Waals surface area contributed by atoms with Crippen molar-refractivity contribution in [2.45, 2.75) is 57.3 Å². The third kappa shape index (κ3) is 4.23. The molecule has 0 unspecified atom stereocenters. The van der Waals surface area contributed by atoms with E-state index in [9.17, 15) is 9.59 Å². The predicted molar refractivity (Wildman–Crippen MR) is 128 cm³/mol. The second-order valence-electron chi connectivity index (χ2n) is 10.2. The van der Waals surface area contributed by atoms with Gasteiger partial charge in [-0.1, -0.05) is 25.6 Å². The first kappa shape index (κ1) is 21.9. The minimum atomic E-state index is -0.428. The monoisotopic (exact) mass is 444 g/mol. The van der Waals surface area contributed by atoms with Gasteiger partial charge in [-0.15, -0.1) is 0 Å². The van der Waals surface area contributed by atoms with E-state index in [2.05, 4.69) is 25.6 Å². The Morgan fingerprint density at radius 1 is 0.939 bits per heavy atom. The van der Waals surface area contributed by atoms with Crippen molar-refractivity contribution in [3.05, 3.63) is 77.4 Å². The molecule has 33 heavy (non-hydrogen) atoms. The quantitative estimate of drug-likeness (QED) is 0.287. The molecule has 4 fully saturated rings. The SMILES string of the molecule is C=CCOC(=O)c1ccc(OC(=O)c2ccc(CC)c(C34CC5CC(CC(C5)C3)C4)c2)cc1. The second-order valence-corrected chi connectivity index (χ2v) is 10.2. The van der Waals surface area contributed by atoms with E-state index in [0.717, 1.165) is 24.2 Å². The van der Waals surface area contributed by atoms with Crippen LogP contribution in [0.25, 0.3) is 0 Å². The van der Waals surface area contributed by atoms with E-state index in [1.165, 1.54) is 55.7 Å². The highest BCUT2D eigenvalue weighted by Crippen LogP contribution is 2.61. The Hall–Kier alpha value is -2.88. The number of hydrogen-bond donors (Lipinski definition) is 0. The fourth-order valence-corrected chi connectivity index (χ4v) is 6.99. The first-order chi connectivity index (χ1) is 16.0. The Labute approximate surface area is 196 Å². The predicted octanol–water partition coefficient (Wildman–Crippen LogP) is 6.28. The van der Waals surface area contributed by atoms with Gasteiger partial charge in [0.2, 0.25) is 0 Å². The highest BCUT2D eigenvalue weighted by molar-refractivity contribution is 5.92. The molecule has 0 aromatic heterocycles. The van der Waals surface area contributed by atoms with Gasteiger partial charge in [-0.25, -0.2) is 9.59 Å². The van der Waals surface area contributed by atoms with E-state index in [4.69, 9.17) is 9.47 Å². The van der Waals surface area contributed by atoms with Gasteiger partial charge >= 0.3 is 11.9 Å². The Bertz CT molecular complexity index is 1030. The molecule has 4 aliphatic rings. The van der Waals surface area contributed by atoms with Gasteiger partial charge in [0.1, 0.15) is 12.4 Å². The number of rotatable bonds is 7. The van der Waals surface area contributed by atoms with Crippen LogP contribution in [0.1, 0.15) is 77.3 Å². The van der Waals surface area contributed by atoms with E-state index in [1.54, 1.807) is 24.3 Å². The third-order valence-electron chi connectivity index (χ3n) is 7.97. The molecule has 2 aromatic carbocycles. The first-order valence-corrected chi connectivity index (χ1v) is 12.2. The number of benzene rings is 2. The summed E-state index contributed by atoms with van der Waals surface area (Å²) in [6.45, 7) is 5.91. The summed E-state index contributed by atoms with van der Waals surface area (Å²) in [7, 11) is 0. The molecule has 0 saturated heterocycles. The summed E-state index contributed by atoms with van der Waals surface area (Å²) in [6.07, 6.45) is 10.5. The van der Waals surface area contributed by atoms with Gasteiger partial charge in [-0.3, -0.25) is 0 Å². The molecule has 0 radical (unpaired) electrons. The summed E-state index contributed by atoms with van der Waals surface area (Å²) in [6, 6.07) is 12.6. The molecular formula is C29H32O4. The van der Waals surface area contributed by atoms with Crippen LogP contribution < -0.4 is 4.74 Å². The lowest BCUT2D eigenvalue weighted by Gasteiger charge is -2.57. The van der Waals surface area contributed by atoms with Crippen molar-refractivity contribution in [3.63, 3.8) is 0 Å². The fraction of sp³-hybridized carbons (Fsp3) is 0.448. The third-order valence-corrected chi connectivity index (χ3v) is 7.97. The summed E-state index contributed by atoms with van der Waals surface area (Å²) >= 11 is 0. The van der Waals surface area contributed by atoms with Gasteiger partial charge < -0.3 is 9.47 Å². The molecule has 6 rings (SSSR count). The molecule has 0 aliphatic heterocycles. The zero-order valence-corrected chi connectivity index (χ0v) is 19.3. The molecule has 4 nitrogen and oxygen atoms in total. The van der Waals surface area contributed by atoms with Crippen LogP contribution in [0, 0.1) is 17.8 Å². The van der Waals surface area contributed by atoms with E-state index >= 15 is 0 Å². The number of carbonyl (C=O) groups excluding carboxylic acids is 2. The van der Waals surface area contributed by atoms with Crippen molar-refractivity contribution in [1.82, 2.24) is 0 Å². The van der Waals surface area contributed by atoms with E-state index in [0.29, 0.717) is 16.9 Å². The number of esters is 2. The lowest BCUT2D eigenvalue weighted by atomic mass is 9.47. The molecule has 2 aromatic rings. The van der Waals surface area contributed by atoms with Crippen molar-refractivity contribution >= 4 is 11.9 Å². The molecule has 0 heterocycles. The zero-order valence-electron chi connectivity index (χ0n) is 19.3. The van der Waals surface area contributed by atoms with Gasteiger partial charge in [-0.2, -0.15) is 0 Å². The molecule has 4 aliphatic carbocycles. The minimum absolute atomic E-state index is 0.162. The fourth-order valence-electron chi connectivity index (χ4n) is 6.99. The minimum Gasteiger partial charge on any atom is -0.458 e. The number of carbonyl (C=O) groups is 2. The smallest absolute Gasteiger partial charge is 0.343 e. The largest absolute Gasteiger partial charge is 0.458 e. The normalized spacial score (nSPS) is 27.2. The highest BCUT2D eigenvalue weighted by Gasteiger charge is 2.52. The van der Waals surface area contributed by atoms with Gasteiger partial charge in [-0.05, 0) is 116 Å². The molecule has 4 bridgehead atoms. The van der Waals surface area contributed by atoms with Crippen LogP contribution in [0.15, 0.2) is 55.1 Å². The van der Waals surface area contributed by atoms with Gasteiger partial charge in [0.15, 0.2) is 0 Å². The second kappa shape index (κ2) is 8.81. The molecule has 4 saturated carbocycles. The molecule has 0 spiro atoms. The van der Waals surface area contributed by atoms with Crippen LogP contribution in [-0.2, 0) is 16.6 Å². The molecule has 0 amide bonds. The first-order valence-electron chi connectivity index (χ1n) is 12.2. The van der Waals surface area contributed by atoms with E-state index in [1.807, 2.05) is 6.07 Å². The van der Waals surface area contributed by atoms with Crippen LogP contribution in [0.3, 0.4) is 0 Å². The number of aryl methyl sites for hydroxylation is 1. The Morgan fingerprint density at radius 2 is 1.55 bits per heavy atom. The van der Waals surface area contributed by atoms with Crippen molar-refractivity contribution in [3.8, 4) is 5.75 Å². The number of ether oxygens (including phenoxy) is 2. The topological polar surface area (TPSA) is 52.6 Å². The van der Waals surface area contributed by atoms with Crippen molar-refractivity contribution in [2.24, 2.45) is 17.8 Å². The molecular weight excluding hydrogens is 412 g/mol. The molecule has 0 atom stereocenters. The summed E-state index contributed by atoms with van der Waals surface area (Å²) < 4.78 is 10.7. The zero-order chi connectivity index (χ0) is 23.0. The van der Waals surface area contributed by atoms with Gasteiger partial charge in [0, 0.05) is 0 Å². The summed E-state index contributed by atoms with van der Waals surface area (Å²) in [5.41, 5.74) is 4.01. The van der Waals surface area contributed by atoms with Crippen LogP contribution in [0.2, 0.25) is 0 Å². The number of hydrogen-bond acceptors (Lipinski definition) is 4. The maximum absolute atomic E-state index is 13.0. The van der Waals surface area contributed by atoms with Gasteiger partial charge in [0.25, 0.3) is 0 Å². The summed E-state index contributed by atoms with van der Waals surface area (Å²) in [5, 5.41) is 0. The maximum atomic E-state index is 13.0. The standard InChI is InChI=1S/C29H32O4/c1-3-11-32-27(30)23-7-9-25(10-8-23)33-28(31)24-6-5-22(4-2)26(15-24)29-16-19-12-20(17-29)14-21(13-19)18-29/h3,5-10,15,19-21H,1,4,11-14,16-18H2,2H3. The summed E-state index contributed by atoms with van der Waals surface area (Å²) in [5.74, 6) is 2.19. The average Bonchev–Trinajstić information content (AvgIpc) is 2.81. The van der Waals surface area contributed by atoms with E-state index < -0.39 is 5.97 Å². The van der Waals surface area contributed by atoms with Crippen LogP contribution >= 0.6 is 0 Å². The van der Waals surface area contributed by atoms with Crippen molar-refractivity contribution < 1.29 is 19.1 Å². The molecule has 4 heteroatoms. The van der Waals surface area contributed by atoms with Crippen LogP contribution in [-0.4, -0.2) is 18.5 Å². The Morgan fingerprint density at radius 3 is 2.12 bits per heavy atom. The van der Waals surface area contributed by atoms with E-state index in [-0.39, 0.29) is 18.0 Å². The maximum Gasteiger partial charge on any atom is 0.343 e.